The number of nitrogens with one attached hydrogen (secondary N) is 1. The van der Waals surface area contributed by atoms with Gasteiger partial charge in [0, 0.05) is 31.0 Å². The molecule has 20 heavy (non-hydrogen) atoms. The molecule has 1 spiro atoms. The molecule has 0 aromatic carbocycles. The highest BCUT2D eigenvalue weighted by Crippen LogP contribution is 2.56. The van der Waals surface area contributed by atoms with Gasteiger partial charge in [0.1, 0.15) is 0 Å². The molecule has 4 rings (SSSR count). The third-order valence-electron chi connectivity index (χ3n) is 6.48. The summed E-state index contributed by atoms with van der Waals surface area (Å²) in [7, 11) is 0. The van der Waals surface area contributed by atoms with E-state index in [2.05, 4.69) is 10.2 Å². The van der Waals surface area contributed by atoms with E-state index in [0.29, 0.717) is 17.2 Å². The van der Waals surface area contributed by atoms with Gasteiger partial charge in [0.2, 0.25) is 5.91 Å². The monoisotopic (exact) mass is 276 g/mol. The topological polar surface area (TPSA) is 32.3 Å². The standard InChI is InChI=1S/C17H28N2O/c20-16(15-13-5-1-2-6-14(13)15)19-10-4-8-17(12-19)7-3-9-18-11-17/h13-15,18H,1-12H2. The van der Waals surface area contributed by atoms with Crippen molar-refractivity contribution in [3.05, 3.63) is 0 Å². The molecule has 0 aromatic heterocycles. The van der Waals surface area contributed by atoms with Crippen LogP contribution < -0.4 is 5.32 Å². The molecule has 1 N–H and O–H groups in total. The zero-order valence-electron chi connectivity index (χ0n) is 12.6. The Kier molecular flexibility index (Phi) is 3.29. The molecule has 2 aliphatic heterocycles. The van der Waals surface area contributed by atoms with Crippen molar-refractivity contribution in [2.45, 2.75) is 51.4 Å². The molecule has 0 radical (unpaired) electrons. The molecule has 3 unspecified atom stereocenters. The average molecular weight is 276 g/mol. The van der Waals surface area contributed by atoms with Gasteiger partial charge in [-0.3, -0.25) is 4.79 Å². The first-order valence-electron chi connectivity index (χ1n) is 8.79. The van der Waals surface area contributed by atoms with Crippen molar-refractivity contribution in [1.29, 1.82) is 0 Å². The molecule has 0 aromatic rings. The van der Waals surface area contributed by atoms with Gasteiger partial charge in [-0.05, 0) is 56.9 Å². The molecule has 0 bridgehead atoms. The summed E-state index contributed by atoms with van der Waals surface area (Å²) in [5.74, 6) is 2.47. The molecule has 3 nitrogen and oxygen atoms in total. The van der Waals surface area contributed by atoms with Gasteiger partial charge < -0.3 is 10.2 Å². The summed E-state index contributed by atoms with van der Waals surface area (Å²) < 4.78 is 0. The third-order valence-corrected chi connectivity index (χ3v) is 6.48. The Balaban J connectivity index is 1.42. The normalized spacial score (nSPS) is 44.2. The van der Waals surface area contributed by atoms with Crippen LogP contribution in [0.25, 0.3) is 0 Å². The number of nitrogens with zero attached hydrogens (tertiary/aromatic N) is 1. The summed E-state index contributed by atoms with van der Waals surface area (Å²) in [6.45, 7) is 4.36. The second-order valence-corrected chi connectivity index (χ2v) is 7.78. The summed E-state index contributed by atoms with van der Waals surface area (Å²) in [6, 6.07) is 0. The highest BCUT2D eigenvalue weighted by molar-refractivity contribution is 5.82. The lowest BCUT2D eigenvalue weighted by molar-refractivity contribution is -0.137. The van der Waals surface area contributed by atoms with Crippen LogP contribution in [0.15, 0.2) is 0 Å². The van der Waals surface area contributed by atoms with Gasteiger partial charge in [-0.1, -0.05) is 12.8 Å². The van der Waals surface area contributed by atoms with Crippen molar-refractivity contribution in [2.75, 3.05) is 26.2 Å². The van der Waals surface area contributed by atoms with E-state index in [0.717, 1.165) is 31.5 Å². The Labute approximate surface area is 122 Å². The number of rotatable bonds is 1. The molecule has 2 heterocycles. The van der Waals surface area contributed by atoms with Crippen molar-refractivity contribution in [3.8, 4) is 0 Å². The molecule has 112 valence electrons. The molecule has 1 amide bonds. The predicted octanol–water partition coefficient (Wildman–Crippen LogP) is 2.41. The number of carbonyl (C=O) groups is 1. The third kappa shape index (κ3) is 2.18. The zero-order valence-corrected chi connectivity index (χ0v) is 12.6. The van der Waals surface area contributed by atoms with E-state index in [1.807, 2.05) is 0 Å². The molecule has 4 fully saturated rings. The van der Waals surface area contributed by atoms with Gasteiger partial charge in [-0.25, -0.2) is 0 Å². The number of amides is 1. The molecule has 4 aliphatic rings. The van der Waals surface area contributed by atoms with Gasteiger partial charge in [-0.2, -0.15) is 0 Å². The molecule has 2 saturated carbocycles. The fourth-order valence-electron chi connectivity index (χ4n) is 5.34. The van der Waals surface area contributed by atoms with E-state index in [1.165, 1.54) is 57.9 Å². The van der Waals surface area contributed by atoms with Gasteiger partial charge in [0.15, 0.2) is 0 Å². The van der Waals surface area contributed by atoms with Crippen LogP contribution in [0, 0.1) is 23.2 Å². The van der Waals surface area contributed by atoms with Crippen LogP contribution in [0.4, 0.5) is 0 Å². The highest BCUT2D eigenvalue weighted by atomic mass is 16.2. The first-order chi connectivity index (χ1) is 9.79. The van der Waals surface area contributed by atoms with E-state index in [4.69, 9.17) is 0 Å². The first kappa shape index (κ1) is 13.1. The Hall–Kier alpha value is -0.570. The maximum atomic E-state index is 12.9. The summed E-state index contributed by atoms with van der Waals surface area (Å²) in [5.41, 5.74) is 0.409. The van der Waals surface area contributed by atoms with Crippen molar-refractivity contribution in [1.82, 2.24) is 10.2 Å². The minimum Gasteiger partial charge on any atom is -0.342 e. The van der Waals surface area contributed by atoms with Crippen molar-refractivity contribution in [3.63, 3.8) is 0 Å². The molecule has 3 atom stereocenters. The van der Waals surface area contributed by atoms with Gasteiger partial charge in [0.05, 0.1) is 0 Å². The number of carbonyl (C=O) groups excluding carboxylic acids is 1. The van der Waals surface area contributed by atoms with Crippen LogP contribution in [0.1, 0.15) is 51.4 Å². The van der Waals surface area contributed by atoms with E-state index in [-0.39, 0.29) is 0 Å². The maximum absolute atomic E-state index is 12.9. The fourth-order valence-corrected chi connectivity index (χ4v) is 5.34. The van der Waals surface area contributed by atoms with Crippen LogP contribution in [-0.2, 0) is 4.79 Å². The van der Waals surface area contributed by atoms with Crippen LogP contribution in [-0.4, -0.2) is 37.0 Å². The Morgan fingerprint density at radius 2 is 1.80 bits per heavy atom. The van der Waals surface area contributed by atoms with Crippen molar-refractivity contribution >= 4 is 5.91 Å². The van der Waals surface area contributed by atoms with Crippen LogP contribution >= 0.6 is 0 Å². The number of fused-ring (bicyclic) bond motifs is 1. The Morgan fingerprint density at radius 3 is 2.50 bits per heavy atom. The smallest absolute Gasteiger partial charge is 0.226 e. The van der Waals surface area contributed by atoms with E-state index in [1.54, 1.807) is 0 Å². The van der Waals surface area contributed by atoms with Gasteiger partial charge in [0.25, 0.3) is 0 Å². The van der Waals surface area contributed by atoms with E-state index < -0.39 is 0 Å². The Bertz CT molecular complexity index is 371. The molecule has 3 heteroatoms. The number of piperidine rings is 2. The number of hydrogen-bond donors (Lipinski definition) is 1. The molecule has 2 aliphatic carbocycles. The van der Waals surface area contributed by atoms with Crippen LogP contribution in [0.3, 0.4) is 0 Å². The summed E-state index contributed by atoms with van der Waals surface area (Å²) in [6.07, 6.45) is 10.5. The quantitative estimate of drug-likeness (QED) is 0.797. The van der Waals surface area contributed by atoms with E-state index >= 15 is 0 Å². The summed E-state index contributed by atoms with van der Waals surface area (Å²) >= 11 is 0. The zero-order chi connectivity index (χ0) is 13.6. The largest absolute Gasteiger partial charge is 0.342 e. The second-order valence-electron chi connectivity index (χ2n) is 7.78. The van der Waals surface area contributed by atoms with E-state index in [9.17, 15) is 4.79 Å². The minimum atomic E-state index is 0.409. The first-order valence-corrected chi connectivity index (χ1v) is 8.79. The van der Waals surface area contributed by atoms with Crippen LogP contribution in [0.2, 0.25) is 0 Å². The lowest BCUT2D eigenvalue weighted by atomic mass is 9.74. The molecular formula is C17H28N2O. The molecular weight excluding hydrogens is 248 g/mol. The highest BCUT2D eigenvalue weighted by Gasteiger charge is 2.56. The SMILES string of the molecule is O=C(C1C2CCCCC21)N1CCCC2(CCCNC2)C1. The van der Waals surface area contributed by atoms with Gasteiger partial charge in [-0.15, -0.1) is 0 Å². The second kappa shape index (κ2) is 5.01. The van der Waals surface area contributed by atoms with Crippen LogP contribution in [0.5, 0.6) is 0 Å². The fraction of sp³-hybridized carbons (Fsp3) is 0.941. The Morgan fingerprint density at radius 1 is 1.05 bits per heavy atom. The predicted molar refractivity (Wildman–Crippen MR) is 79.3 cm³/mol. The van der Waals surface area contributed by atoms with Crippen molar-refractivity contribution in [2.24, 2.45) is 23.2 Å². The lowest BCUT2D eigenvalue weighted by Crippen LogP contribution is -2.53. The molecule has 2 saturated heterocycles. The summed E-state index contributed by atoms with van der Waals surface area (Å²) in [5, 5.41) is 3.56. The van der Waals surface area contributed by atoms with Crippen molar-refractivity contribution < 1.29 is 4.79 Å². The summed E-state index contributed by atoms with van der Waals surface area (Å²) in [4.78, 5) is 15.1. The number of likely N-dealkylation sites (tertiary alicyclic amines) is 1. The number of hydrogen-bond acceptors (Lipinski definition) is 2. The van der Waals surface area contributed by atoms with Gasteiger partial charge >= 0.3 is 0 Å². The maximum Gasteiger partial charge on any atom is 0.226 e. The minimum absolute atomic E-state index is 0.409. The lowest BCUT2D eigenvalue weighted by Gasteiger charge is -2.45. The average Bonchev–Trinajstić information content (AvgIpc) is 3.22.